The molecular formula is C14H25NO2. The van der Waals surface area contributed by atoms with Crippen molar-refractivity contribution in [1.29, 1.82) is 0 Å². The van der Waals surface area contributed by atoms with Gasteiger partial charge in [-0.3, -0.25) is 4.79 Å². The standard InChI is InChI=1S/C14H25NO2/c1-2-3-8-17-14(16)10-15-9-13(11-4-5-11)12-6-7-12/h11-13,15H,2-10H2,1H3. The topological polar surface area (TPSA) is 38.3 Å². The predicted molar refractivity (Wildman–Crippen MR) is 67.7 cm³/mol. The van der Waals surface area contributed by atoms with Crippen LogP contribution in [0.3, 0.4) is 0 Å². The zero-order valence-electron chi connectivity index (χ0n) is 10.9. The van der Waals surface area contributed by atoms with Crippen molar-refractivity contribution in [2.45, 2.75) is 45.4 Å². The minimum Gasteiger partial charge on any atom is -0.465 e. The Morgan fingerprint density at radius 1 is 1.29 bits per heavy atom. The van der Waals surface area contributed by atoms with Crippen LogP contribution in [0.5, 0.6) is 0 Å². The monoisotopic (exact) mass is 239 g/mol. The first-order valence-corrected chi connectivity index (χ1v) is 7.17. The van der Waals surface area contributed by atoms with Crippen molar-refractivity contribution in [3.8, 4) is 0 Å². The molecule has 2 saturated carbocycles. The first-order valence-electron chi connectivity index (χ1n) is 7.17. The molecule has 0 amide bonds. The summed E-state index contributed by atoms with van der Waals surface area (Å²) in [5.74, 6) is 2.64. The molecule has 17 heavy (non-hydrogen) atoms. The molecule has 0 spiro atoms. The molecule has 0 aromatic carbocycles. The van der Waals surface area contributed by atoms with Crippen LogP contribution in [0.25, 0.3) is 0 Å². The quantitative estimate of drug-likeness (QED) is 0.496. The Balaban J connectivity index is 1.53. The number of nitrogens with one attached hydrogen (secondary N) is 1. The number of esters is 1. The molecule has 3 heteroatoms. The molecule has 0 bridgehead atoms. The SMILES string of the molecule is CCCCOC(=O)CNCC(C1CC1)C1CC1. The van der Waals surface area contributed by atoms with Crippen molar-refractivity contribution in [3.63, 3.8) is 0 Å². The highest BCUT2D eigenvalue weighted by atomic mass is 16.5. The number of hydrogen-bond acceptors (Lipinski definition) is 3. The van der Waals surface area contributed by atoms with Crippen LogP contribution in [0, 0.1) is 17.8 Å². The van der Waals surface area contributed by atoms with Crippen LogP contribution in [-0.2, 0) is 9.53 Å². The van der Waals surface area contributed by atoms with E-state index < -0.39 is 0 Å². The van der Waals surface area contributed by atoms with Gasteiger partial charge in [0.05, 0.1) is 13.2 Å². The summed E-state index contributed by atoms with van der Waals surface area (Å²) in [7, 11) is 0. The molecule has 2 aliphatic carbocycles. The van der Waals surface area contributed by atoms with Crippen molar-refractivity contribution in [2.75, 3.05) is 19.7 Å². The lowest BCUT2D eigenvalue weighted by Gasteiger charge is -2.15. The molecule has 0 atom stereocenters. The number of rotatable bonds is 9. The van der Waals surface area contributed by atoms with Gasteiger partial charge in [0.1, 0.15) is 0 Å². The Bertz CT molecular complexity index is 235. The smallest absolute Gasteiger partial charge is 0.319 e. The van der Waals surface area contributed by atoms with Gasteiger partial charge in [-0.15, -0.1) is 0 Å². The van der Waals surface area contributed by atoms with E-state index in [1.54, 1.807) is 0 Å². The van der Waals surface area contributed by atoms with Gasteiger partial charge in [-0.1, -0.05) is 13.3 Å². The third kappa shape index (κ3) is 4.66. The van der Waals surface area contributed by atoms with Crippen molar-refractivity contribution in [2.24, 2.45) is 17.8 Å². The highest BCUT2D eigenvalue weighted by Crippen LogP contribution is 2.48. The summed E-state index contributed by atoms with van der Waals surface area (Å²) in [6.07, 6.45) is 7.67. The molecule has 0 aromatic rings. The molecule has 0 aliphatic heterocycles. The maximum Gasteiger partial charge on any atom is 0.319 e. The minimum atomic E-state index is -0.0937. The fourth-order valence-electron chi connectivity index (χ4n) is 2.49. The van der Waals surface area contributed by atoms with Gasteiger partial charge in [-0.25, -0.2) is 0 Å². The molecule has 2 aliphatic rings. The van der Waals surface area contributed by atoms with Gasteiger partial charge in [0.2, 0.25) is 0 Å². The number of hydrogen-bond donors (Lipinski definition) is 1. The average Bonchev–Trinajstić information content (AvgIpc) is 3.16. The van der Waals surface area contributed by atoms with Crippen molar-refractivity contribution in [1.82, 2.24) is 5.32 Å². The highest BCUT2D eigenvalue weighted by molar-refractivity contribution is 5.71. The number of carbonyl (C=O) groups excluding carboxylic acids is 1. The summed E-state index contributed by atoms with van der Waals surface area (Å²) in [5, 5.41) is 3.28. The maximum atomic E-state index is 11.4. The van der Waals surface area contributed by atoms with Crippen LogP contribution in [0.1, 0.15) is 45.4 Å². The zero-order valence-corrected chi connectivity index (χ0v) is 10.9. The molecule has 0 radical (unpaired) electrons. The van der Waals surface area contributed by atoms with Crippen molar-refractivity contribution >= 4 is 5.97 Å². The van der Waals surface area contributed by atoms with Crippen molar-refractivity contribution in [3.05, 3.63) is 0 Å². The van der Waals surface area contributed by atoms with Gasteiger partial charge in [-0.2, -0.15) is 0 Å². The van der Waals surface area contributed by atoms with Gasteiger partial charge in [0.25, 0.3) is 0 Å². The van der Waals surface area contributed by atoms with E-state index in [1.807, 2.05) is 0 Å². The maximum absolute atomic E-state index is 11.4. The molecule has 1 N–H and O–H groups in total. The summed E-state index contributed by atoms with van der Waals surface area (Å²) in [6, 6.07) is 0. The second kappa shape index (κ2) is 6.39. The van der Waals surface area contributed by atoms with Gasteiger partial charge in [-0.05, 0) is 56.4 Å². The molecule has 0 unspecified atom stereocenters. The van der Waals surface area contributed by atoms with E-state index >= 15 is 0 Å². The van der Waals surface area contributed by atoms with Crippen LogP contribution in [0.15, 0.2) is 0 Å². The number of ether oxygens (including phenoxy) is 1. The molecule has 98 valence electrons. The Morgan fingerprint density at radius 3 is 2.47 bits per heavy atom. The van der Waals surface area contributed by atoms with E-state index in [1.165, 1.54) is 25.7 Å². The fraction of sp³-hybridized carbons (Fsp3) is 0.929. The predicted octanol–water partition coefficient (Wildman–Crippen LogP) is 2.36. The molecular weight excluding hydrogens is 214 g/mol. The molecule has 3 nitrogen and oxygen atoms in total. The lowest BCUT2D eigenvalue weighted by Crippen LogP contribution is -2.31. The van der Waals surface area contributed by atoms with E-state index in [0.29, 0.717) is 13.2 Å². The van der Waals surface area contributed by atoms with E-state index in [-0.39, 0.29) is 5.97 Å². The summed E-state index contributed by atoms with van der Waals surface area (Å²) in [4.78, 5) is 11.4. The van der Waals surface area contributed by atoms with Gasteiger partial charge >= 0.3 is 5.97 Å². The van der Waals surface area contributed by atoms with E-state index in [9.17, 15) is 4.79 Å². The second-order valence-electron chi connectivity index (χ2n) is 5.54. The van der Waals surface area contributed by atoms with Gasteiger partial charge in [0, 0.05) is 0 Å². The Labute approximate surface area is 104 Å². The third-order valence-electron chi connectivity index (χ3n) is 3.87. The molecule has 0 saturated heterocycles. The summed E-state index contributed by atoms with van der Waals surface area (Å²) in [5.41, 5.74) is 0. The Morgan fingerprint density at radius 2 is 1.94 bits per heavy atom. The lowest BCUT2D eigenvalue weighted by molar-refractivity contribution is -0.142. The highest BCUT2D eigenvalue weighted by Gasteiger charge is 2.40. The van der Waals surface area contributed by atoms with Crippen LogP contribution < -0.4 is 5.32 Å². The first-order chi connectivity index (χ1) is 8.31. The number of carbonyl (C=O) groups is 1. The summed E-state index contributed by atoms with van der Waals surface area (Å²) in [6.45, 7) is 4.07. The van der Waals surface area contributed by atoms with Crippen LogP contribution in [0.2, 0.25) is 0 Å². The first kappa shape index (κ1) is 12.9. The second-order valence-corrected chi connectivity index (χ2v) is 5.54. The number of unbranched alkanes of at least 4 members (excludes halogenated alkanes) is 1. The van der Waals surface area contributed by atoms with Crippen LogP contribution >= 0.6 is 0 Å². The largest absolute Gasteiger partial charge is 0.465 e. The molecule has 2 fully saturated rings. The molecule has 0 heterocycles. The third-order valence-corrected chi connectivity index (χ3v) is 3.87. The summed E-state index contributed by atoms with van der Waals surface area (Å²) < 4.78 is 5.12. The normalized spacial score (nSPS) is 19.6. The van der Waals surface area contributed by atoms with Gasteiger partial charge in [0.15, 0.2) is 0 Å². The van der Waals surface area contributed by atoms with Crippen LogP contribution in [-0.4, -0.2) is 25.7 Å². The van der Waals surface area contributed by atoms with Crippen molar-refractivity contribution < 1.29 is 9.53 Å². The summed E-state index contributed by atoms with van der Waals surface area (Å²) >= 11 is 0. The zero-order chi connectivity index (χ0) is 12.1. The van der Waals surface area contributed by atoms with E-state index in [2.05, 4.69) is 12.2 Å². The molecule has 2 rings (SSSR count). The lowest BCUT2D eigenvalue weighted by atomic mass is 9.98. The Hall–Kier alpha value is -0.570. The van der Waals surface area contributed by atoms with E-state index in [0.717, 1.165) is 37.1 Å². The minimum absolute atomic E-state index is 0.0937. The van der Waals surface area contributed by atoms with Gasteiger partial charge < -0.3 is 10.1 Å². The Kier molecular flexibility index (Phi) is 4.84. The molecule has 0 aromatic heterocycles. The van der Waals surface area contributed by atoms with E-state index in [4.69, 9.17) is 4.74 Å². The fourth-order valence-corrected chi connectivity index (χ4v) is 2.49. The van der Waals surface area contributed by atoms with Crippen LogP contribution in [0.4, 0.5) is 0 Å². The average molecular weight is 239 g/mol.